The molecule has 0 spiro atoms. The number of nitrogens with one attached hydrogen (secondary N) is 2. The summed E-state index contributed by atoms with van der Waals surface area (Å²) in [7, 11) is 1.73. The topological polar surface area (TPSA) is 49.9 Å². The SMILES string of the molecule is COCCCNCCSc1nc2ccccc2[nH]1. The van der Waals surface area contributed by atoms with Crippen LogP contribution in [0.25, 0.3) is 11.0 Å². The van der Waals surface area contributed by atoms with Gasteiger partial charge in [-0.1, -0.05) is 23.9 Å². The molecule has 98 valence electrons. The Bertz CT molecular complexity index is 439. The molecule has 0 aliphatic rings. The summed E-state index contributed by atoms with van der Waals surface area (Å²) in [5.74, 6) is 1.02. The van der Waals surface area contributed by atoms with Gasteiger partial charge in [0.05, 0.1) is 11.0 Å². The van der Waals surface area contributed by atoms with Gasteiger partial charge in [0.25, 0.3) is 0 Å². The molecule has 2 rings (SSSR count). The maximum absolute atomic E-state index is 4.99. The Balaban J connectivity index is 1.67. The van der Waals surface area contributed by atoms with Crippen LogP contribution < -0.4 is 5.32 Å². The summed E-state index contributed by atoms with van der Waals surface area (Å²) in [6.07, 6.45) is 1.06. The Morgan fingerprint density at radius 2 is 2.22 bits per heavy atom. The summed E-state index contributed by atoms with van der Waals surface area (Å²) >= 11 is 1.75. The van der Waals surface area contributed by atoms with E-state index in [1.54, 1.807) is 18.9 Å². The molecule has 1 heterocycles. The van der Waals surface area contributed by atoms with Crippen LogP contribution in [0.2, 0.25) is 0 Å². The van der Waals surface area contributed by atoms with Crippen LogP contribution in [0.4, 0.5) is 0 Å². The Hall–Kier alpha value is -1.04. The highest BCUT2D eigenvalue weighted by Crippen LogP contribution is 2.18. The Morgan fingerprint density at radius 1 is 1.33 bits per heavy atom. The lowest BCUT2D eigenvalue weighted by atomic mass is 10.3. The van der Waals surface area contributed by atoms with E-state index in [2.05, 4.69) is 21.4 Å². The van der Waals surface area contributed by atoms with Crippen LogP contribution in [-0.2, 0) is 4.74 Å². The lowest BCUT2D eigenvalue weighted by molar-refractivity contribution is 0.194. The Morgan fingerprint density at radius 3 is 3.06 bits per heavy atom. The number of thioether (sulfide) groups is 1. The van der Waals surface area contributed by atoms with Crippen molar-refractivity contribution in [1.29, 1.82) is 0 Å². The van der Waals surface area contributed by atoms with Crippen molar-refractivity contribution in [2.45, 2.75) is 11.6 Å². The third kappa shape index (κ3) is 4.01. The molecule has 5 heteroatoms. The molecule has 1 aromatic carbocycles. The third-order valence-electron chi connectivity index (χ3n) is 2.59. The quantitative estimate of drug-likeness (QED) is 0.568. The first-order chi connectivity index (χ1) is 8.90. The summed E-state index contributed by atoms with van der Waals surface area (Å²) in [5, 5.41) is 4.38. The number of aromatic nitrogens is 2. The summed E-state index contributed by atoms with van der Waals surface area (Å²) in [5.41, 5.74) is 2.14. The van der Waals surface area contributed by atoms with Crippen molar-refractivity contribution in [2.75, 3.05) is 32.6 Å². The van der Waals surface area contributed by atoms with E-state index in [9.17, 15) is 0 Å². The van der Waals surface area contributed by atoms with Crippen LogP contribution in [0.1, 0.15) is 6.42 Å². The fourth-order valence-electron chi connectivity index (χ4n) is 1.68. The van der Waals surface area contributed by atoms with Crippen LogP contribution in [0.15, 0.2) is 29.4 Å². The average molecular weight is 265 g/mol. The lowest BCUT2D eigenvalue weighted by Gasteiger charge is -2.02. The molecule has 0 aliphatic carbocycles. The van der Waals surface area contributed by atoms with E-state index in [4.69, 9.17) is 4.74 Å². The number of nitrogens with zero attached hydrogens (tertiary/aromatic N) is 1. The van der Waals surface area contributed by atoms with E-state index in [1.165, 1.54) is 0 Å². The second kappa shape index (κ2) is 7.41. The van der Waals surface area contributed by atoms with Crippen LogP contribution in [0.5, 0.6) is 0 Å². The monoisotopic (exact) mass is 265 g/mol. The van der Waals surface area contributed by atoms with Gasteiger partial charge in [-0.05, 0) is 25.1 Å². The second-order valence-corrected chi connectivity index (χ2v) is 5.09. The number of ether oxygens (including phenoxy) is 1. The number of rotatable bonds is 8. The van der Waals surface area contributed by atoms with Crippen LogP contribution in [-0.4, -0.2) is 42.5 Å². The predicted molar refractivity (Wildman–Crippen MR) is 76.2 cm³/mol. The van der Waals surface area contributed by atoms with E-state index < -0.39 is 0 Å². The van der Waals surface area contributed by atoms with E-state index in [-0.39, 0.29) is 0 Å². The predicted octanol–water partition coefficient (Wildman–Crippen LogP) is 2.28. The number of fused-ring (bicyclic) bond motifs is 1. The summed E-state index contributed by atoms with van der Waals surface area (Å²) in [4.78, 5) is 7.83. The number of benzene rings is 1. The highest BCUT2D eigenvalue weighted by Gasteiger charge is 2.01. The van der Waals surface area contributed by atoms with E-state index in [0.29, 0.717) is 0 Å². The molecule has 2 aromatic rings. The summed E-state index contributed by atoms with van der Waals surface area (Å²) in [6, 6.07) is 8.11. The number of H-pyrrole nitrogens is 1. The van der Waals surface area contributed by atoms with E-state index in [0.717, 1.165) is 48.1 Å². The molecule has 4 nitrogen and oxygen atoms in total. The Labute approximate surface area is 112 Å². The highest BCUT2D eigenvalue weighted by molar-refractivity contribution is 7.99. The first kappa shape index (κ1) is 13.4. The van der Waals surface area contributed by atoms with Crippen molar-refractivity contribution in [3.63, 3.8) is 0 Å². The third-order valence-corrected chi connectivity index (χ3v) is 3.46. The molecule has 0 atom stereocenters. The molecule has 0 saturated heterocycles. The van der Waals surface area contributed by atoms with Gasteiger partial charge >= 0.3 is 0 Å². The minimum Gasteiger partial charge on any atom is -0.385 e. The minimum absolute atomic E-state index is 0.823. The van der Waals surface area contributed by atoms with Gasteiger partial charge in [0, 0.05) is 26.0 Å². The van der Waals surface area contributed by atoms with Gasteiger partial charge in [0.1, 0.15) is 0 Å². The van der Waals surface area contributed by atoms with Crippen LogP contribution >= 0.6 is 11.8 Å². The molecule has 0 bridgehead atoms. The zero-order valence-corrected chi connectivity index (χ0v) is 11.4. The van der Waals surface area contributed by atoms with Crippen molar-refractivity contribution < 1.29 is 4.74 Å². The molecule has 0 radical (unpaired) electrons. The molecular weight excluding hydrogens is 246 g/mol. The molecular formula is C13H19N3OS. The van der Waals surface area contributed by atoms with Crippen LogP contribution in [0, 0.1) is 0 Å². The summed E-state index contributed by atoms with van der Waals surface area (Å²) < 4.78 is 4.99. The van der Waals surface area contributed by atoms with Crippen molar-refractivity contribution in [1.82, 2.24) is 15.3 Å². The van der Waals surface area contributed by atoms with Gasteiger partial charge in [-0.15, -0.1) is 0 Å². The molecule has 0 amide bonds. The molecule has 0 unspecified atom stereocenters. The number of methoxy groups -OCH3 is 1. The highest BCUT2D eigenvalue weighted by atomic mass is 32.2. The molecule has 18 heavy (non-hydrogen) atoms. The maximum atomic E-state index is 4.99. The average Bonchev–Trinajstić information content (AvgIpc) is 2.80. The fraction of sp³-hybridized carbons (Fsp3) is 0.462. The van der Waals surface area contributed by atoms with Gasteiger partial charge in [-0.25, -0.2) is 4.98 Å². The normalized spacial score (nSPS) is 11.2. The largest absolute Gasteiger partial charge is 0.385 e. The van der Waals surface area contributed by atoms with Gasteiger partial charge in [-0.2, -0.15) is 0 Å². The first-order valence-corrected chi connectivity index (χ1v) is 7.16. The fourth-order valence-corrected chi connectivity index (χ4v) is 2.47. The molecule has 0 aliphatic heterocycles. The number of imidazole rings is 1. The van der Waals surface area contributed by atoms with Crippen molar-refractivity contribution in [3.05, 3.63) is 24.3 Å². The van der Waals surface area contributed by atoms with Crippen molar-refractivity contribution in [2.24, 2.45) is 0 Å². The molecule has 0 fully saturated rings. The molecule has 2 N–H and O–H groups in total. The standard InChI is InChI=1S/C13H19N3OS/c1-17-9-4-7-14-8-10-18-13-15-11-5-2-3-6-12(11)16-13/h2-3,5-6,14H,4,7-10H2,1H3,(H,15,16). The Kier molecular flexibility index (Phi) is 5.51. The van der Waals surface area contributed by atoms with E-state index >= 15 is 0 Å². The number of aromatic amines is 1. The minimum atomic E-state index is 0.823. The second-order valence-electron chi connectivity index (χ2n) is 4.00. The zero-order valence-electron chi connectivity index (χ0n) is 10.6. The van der Waals surface area contributed by atoms with Crippen LogP contribution in [0.3, 0.4) is 0 Å². The molecule has 1 aromatic heterocycles. The van der Waals surface area contributed by atoms with Gasteiger partial charge in [0.2, 0.25) is 0 Å². The smallest absolute Gasteiger partial charge is 0.166 e. The van der Waals surface area contributed by atoms with Gasteiger partial charge in [-0.3, -0.25) is 0 Å². The zero-order chi connectivity index (χ0) is 12.6. The number of para-hydroxylation sites is 2. The van der Waals surface area contributed by atoms with Gasteiger partial charge < -0.3 is 15.0 Å². The molecule has 0 saturated carbocycles. The maximum Gasteiger partial charge on any atom is 0.166 e. The summed E-state index contributed by atoms with van der Waals surface area (Å²) in [6.45, 7) is 2.82. The number of hydrogen-bond donors (Lipinski definition) is 2. The lowest BCUT2D eigenvalue weighted by Crippen LogP contribution is -2.19. The first-order valence-electron chi connectivity index (χ1n) is 6.17. The van der Waals surface area contributed by atoms with Gasteiger partial charge in [0.15, 0.2) is 5.16 Å². The van der Waals surface area contributed by atoms with E-state index in [1.807, 2.05) is 18.2 Å². The van der Waals surface area contributed by atoms with Crippen molar-refractivity contribution in [3.8, 4) is 0 Å². The van der Waals surface area contributed by atoms with Crippen molar-refractivity contribution >= 4 is 22.8 Å². The number of hydrogen-bond acceptors (Lipinski definition) is 4.